The highest BCUT2D eigenvalue weighted by molar-refractivity contribution is 7.12. The molecule has 1 aliphatic carbocycles. The van der Waals surface area contributed by atoms with Crippen molar-refractivity contribution in [3.05, 3.63) is 108 Å². The Morgan fingerprint density at radius 2 is 1.76 bits per heavy atom. The molecule has 0 bridgehead atoms. The lowest BCUT2D eigenvalue weighted by molar-refractivity contribution is -0.169. The van der Waals surface area contributed by atoms with Crippen molar-refractivity contribution in [2.45, 2.75) is 62.4 Å². The summed E-state index contributed by atoms with van der Waals surface area (Å²) < 4.78 is 17.6. The number of phenols is 1. The van der Waals surface area contributed by atoms with Gasteiger partial charge in [0.05, 0.1) is 40.1 Å². The second-order valence-electron chi connectivity index (χ2n) is 13.5. The Morgan fingerprint density at radius 1 is 1.05 bits per heavy atom. The van der Waals surface area contributed by atoms with Crippen LogP contribution in [-0.4, -0.2) is 83.7 Å². The zero-order valence-electron chi connectivity index (χ0n) is 30.7. The summed E-state index contributed by atoms with van der Waals surface area (Å²) in [7, 11) is 3.71. The van der Waals surface area contributed by atoms with Crippen LogP contribution in [-0.2, 0) is 21.6 Å². The molecule has 6 rings (SSSR count). The molecule has 55 heavy (non-hydrogen) atoms. The van der Waals surface area contributed by atoms with Crippen molar-refractivity contribution in [3.63, 3.8) is 0 Å². The number of esters is 1. The first kappa shape index (κ1) is 42.1. The number of carbonyl (C=O) groups is 1. The van der Waals surface area contributed by atoms with E-state index in [0.29, 0.717) is 68.4 Å². The molecule has 5 N–H and O–H groups in total. The van der Waals surface area contributed by atoms with Gasteiger partial charge in [0.2, 0.25) is 11.2 Å². The fourth-order valence-electron chi connectivity index (χ4n) is 7.00. The van der Waals surface area contributed by atoms with Gasteiger partial charge in [-0.1, -0.05) is 29.8 Å². The van der Waals surface area contributed by atoms with Gasteiger partial charge in [0.15, 0.2) is 0 Å². The number of rotatable bonds is 17. The smallest absolute Gasteiger partial charge is 0.349 e. The number of nitrogens with zero attached hydrogens (tertiary/aromatic N) is 1. The van der Waals surface area contributed by atoms with E-state index in [0.717, 1.165) is 44.2 Å². The number of benzene rings is 2. The number of carbonyl (C=O) groups excluding carboxylic acids is 1. The van der Waals surface area contributed by atoms with Gasteiger partial charge in [-0.3, -0.25) is 9.50 Å². The number of aliphatic hydroxyl groups excluding tert-OH is 1. The Balaban J connectivity index is 0.00000580. The normalized spacial score (nSPS) is 16.5. The van der Waals surface area contributed by atoms with Crippen LogP contribution in [0.5, 0.6) is 17.2 Å². The minimum Gasteiger partial charge on any atom is -0.506 e. The largest absolute Gasteiger partial charge is 0.506 e. The zero-order valence-corrected chi connectivity index (χ0v) is 33.1. The molecule has 1 atom stereocenters. The number of pyridine rings is 1. The van der Waals surface area contributed by atoms with Crippen molar-refractivity contribution in [1.29, 1.82) is 0 Å². The number of nitrogens with one attached hydrogen (secondary N) is 2. The topological polar surface area (TPSA) is 154 Å². The number of H-pyrrole nitrogens is 1. The van der Waals surface area contributed by atoms with Crippen LogP contribution in [0.1, 0.15) is 59.1 Å². The maximum absolute atomic E-state index is 13.4. The van der Waals surface area contributed by atoms with E-state index < -0.39 is 17.7 Å². The molecule has 1 saturated carbocycles. The molecule has 3 aromatic heterocycles. The van der Waals surface area contributed by atoms with E-state index in [9.17, 15) is 24.9 Å². The van der Waals surface area contributed by atoms with E-state index in [1.165, 1.54) is 34.8 Å². The lowest BCUT2D eigenvalue weighted by atomic mass is 9.91. The van der Waals surface area contributed by atoms with E-state index in [1.54, 1.807) is 37.4 Å². The van der Waals surface area contributed by atoms with Crippen molar-refractivity contribution in [2.75, 3.05) is 40.4 Å². The van der Waals surface area contributed by atoms with Crippen molar-refractivity contribution in [2.24, 2.45) is 0 Å². The summed E-state index contributed by atoms with van der Waals surface area (Å²) >= 11 is 9.32. The number of aromatic hydroxyl groups is 1. The zero-order chi connectivity index (χ0) is 38.2. The van der Waals surface area contributed by atoms with E-state index in [1.807, 2.05) is 29.0 Å². The average Bonchev–Trinajstić information content (AvgIpc) is 3.92. The van der Waals surface area contributed by atoms with Gasteiger partial charge in [-0.15, -0.1) is 22.7 Å². The first-order valence-corrected chi connectivity index (χ1v) is 20.2. The quantitative estimate of drug-likeness (QED) is 0.0518. The number of aliphatic hydroxyl groups is 2. The number of aromatic amines is 1. The third-order valence-electron chi connectivity index (χ3n) is 10.0. The van der Waals surface area contributed by atoms with Crippen molar-refractivity contribution in [3.8, 4) is 17.2 Å². The van der Waals surface area contributed by atoms with Gasteiger partial charge in [-0.05, 0) is 104 Å². The first-order valence-electron chi connectivity index (χ1n) is 18.0. The number of methoxy groups -OCH3 is 1. The molecule has 2 aromatic carbocycles. The molecule has 15 heteroatoms. The van der Waals surface area contributed by atoms with E-state index in [4.69, 9.17) is 25.8 Å². The summed E-state index contributed by atoms with van der Waals surface area (Å²) in [5.74, 6) is 0.540. The molecule has 1 aliphatic rings. The summed E-state index contributed by atoms with van der Waals surface area (Å²) in [6, 6.07) is 17.3. The summed E-state index contributed by atoms with van der Waals surface area (Å²) in [6.07, 6.45) is 3.53. The van der Waals surface area contributed by atoms with Gasteiger partial charge in [-0.2, -0.15) is 0 Å². The minimum atomic E-state index is -1.79. The molecule has 0 amide bonds. The number of phenolic OH excluding ortho intramolecular Hbond substituents is 1. The SMILES string of the molecule is COc1cc(OCCCN(C)C2CCC(OC(=O)C(O)(c3cccs3)c3cccs3)CC2)c(Cl)cc1CCNC[C@@H](O)c1ccc(O)c2[nH]c(=O)ccc12.F. The number of aromatic nitrogens is 1. The third kappa shape index (κ3) is 9.87. The monoisotopic (exact) mass is 815 g/mol. The molecule has 0 unspecified atom stereocenters. The van der Waals surface area contributed by atoms with E-state index in [-0.39, 0.29) is 28.7 Å². The predicted octanol–water partition coefficient (Wildman–Crippen LogP) is 6.53. The number of ether oxygens (including phenoxy) is 3. The lowest BCUT2D eigenvalue weighted by Crippen LogP contribution is -2.42. The number of fused-ring (bicyclic) bond motifs is 1. The number of halogens is 2. The second-order valence-corrected chi connectivity index (χ2v) is 15.8. The Morgan fingerprint density at radius 3 is 2.42 bits per heavy atom. The third-order valence-corrected chi connectivity index (χ3v) is 12.3. The number of hydrogen-bond donors (Lipinski definition) is 5. The molecule has 1 fully saturated rings. The average molecular weight is 816 g/mol. The number of thiophene rings is 2. The van der Waals surface area contributed by atoms with Crippen LogP contribution in [0.25, 0.3) is 10.9 Å². The van der Waals surface area contributed by atoms with Crippen molar-refractivity contribution in [1.82, 2.24) is 15.2 Å². The Bertz CT molecular complexity index is 2020. The van der Waals surface area contributed by atoms with Gasteiger partial charge in [0, 0.05) is 36.7 Å². The molecular formula is C40H47ClFN3O8S2. The molecule has 3 heterocycles. The van der Waals surface area contributed by atoms with Crippen LogP contribution in [0, 0.1) is 0 Å². The van der Waals surface area contributed by atoms with Gasteiger partial charge in [0.25, 0.3) is 0 Å². The standard InChI is InChI=1S/C40H46ClN3O8S2.FH/c1-44(26-8-10-27(11-9-26)52-39(48)40(49,35-6-3-20-53-35)36-7-4-21-54-36)18-5-19-51-34-23-33(50-2)25(22-30(34)41)16-17-42-24-32(46)28-12-14-31(45)38-29(28)13-15-37(47)43-38;/h3-4,6-7,12-15,20-23,26-27,32,42,45-46,49H,5,8-11,16-19,24H2,1-2H3,(H,43,47);1H/t26?,27?,32-;/m1./s1. The Labute approximate surface area is 331 Å². The van der Waals surface area contributed by atoms with Crippen LogP contribution in [0.4, 0.5) is 4.70 Å². The molecule has 0 saturated heterocycles. The number of hydrogen-bond acceptors (Lipinski definition) is 12. The maximum atomic E-state index is 13.4. The molecule has 0 aliphatic heterocycles. The minimum absolute atomic E-state index is 0. The first-order chi connectivity index (χ1) is 26.1. The molecule has 0 radical (unpaired) electrons. The molecule has 296 valence electrons. The lowest BCUT2D eigenvalue weighted by Gasteiger charge is -2.35. The van der Waals surface area contributed by atoms with Gasteiger partial charge in [0.1, 0.15) is 23.4 Å². The second kappa shape index (κ2) is 19.2. The van der Waals surface area contributed by atoms with Crippen LogP contribution in [0.3, 0.4) is 0 Å². The van der Waals surface area contributed by atoms with Crippen LogP contribution in [0.2, 0.25) is 5.02 Å². The van der Waals surface area contributed by atoms with Gasteiger partial charge < -0.3 is 44.7 Å². The fraction of sp³-hybridized carbons (Fsp3) is 0.400. The van der Waals surface area contributed by atoms with Gasteiger partial charge in [-0.25, -0.2) is 4.79 Å². The van der Waals surface area contributed by atoms with Crippen LogP contribution >= 0.6 is 34.3 Å². The van der Waals surface area contributed by atoms with Crippen LogP contribution in [0.15, 0.2) is 76.2 Å². The van der Waals surface area contributed by atoms with E-state index in [2.05, 4.69) is 22.2 Å². The molecule has 5 aromatic rings. The molecular weight excluding hydrogens is 769 g/mol. The molecule has 11 nitrogen and oxygen atoms in total. The predicted molar refractivity (Wildman–Crippen MR) is 215 cm³/mol. The van der Waals surface area contributed by atoms with Gasteiger partial charge >= 0.3 is 5.97 Å². The Kier molecular flexibility index (Phi) is 14.7. The highest BCUT2D eigenvalue weighted by Crippen LogP contribution is 2.38. The summed E-state index contributed by atoms with van der Waals surface area (Å²) in [6.45, 7) is 2.10. The summed E-state index contributed by atoms with van der Waals surface area (Å²) in [5, 5.41) is 40.6. The Hall–Kier alpha value is -4.02. The summed E-state index contributed by atoms with van der Waals surface area (Å²) in [5.41, 5.74) is -0.330. The summed E-state index contributed by atoms with van der Waals surface area (Å²) in [4.78, 5) is 31.2. The van der Waals surface area contributed by atoms with Crippen molar-refractivity contribution >= 4 is 51.1 Å². The van der Waals surface area contributed by atoms with E-state index >= 15 is 0 Å². The maximum Gasteiger partial charge on any atom is 0.349 e. The highest BCUT2D eigenvalue weighted by atomic mass is 35.5. The highest BCUT2D eigenvalue weighted by Gasteiger charge is 2.45. The fourth-order valence-corrected chi connectivity index (χ4v) is 8.96. The van der Waals surface area contributed by atoms with Crippen LogP contribution < -0.4 is 20.3 Å². The molecule has 0 spiro atoms. The van der Waals surface area contributed by atoms with Crippen molar-refractivity contribution < 1.29 is 39.0 Å².